The molecule has 2 aromatic carbocycles. The van der Waals surface area contributed by atoms with Gasteiger partial charge >= 0.3 is 0 Å². The number of hydrogen-bond acceptors (Lipinski definition) is 4. The number of benzene rings is 2. The number of hydrogen-bond donors (Lipinski definition) is 2. The largest absolute Gasteiger partial charge is 0.493 e. The van der Waals surface area contributed by atoms with Crippen molar-refractivity contribution in [3.05, 3.63) is 66.5 Å². The number of methoxy groups -OCH3 is 2. The lowest BCUT2D eigenvalue weighted by Crippen LogP contribution is -2.30. The number of aromatic nitrogens is 2. The zero-order chi connectivity index (χ0) is 20.6. The molecule has 3 aromatic rings. The van der Waals surface area contributed by atoms with Gasteiger partial charge in [0.25, 0.3) is 0 Å². The summed E-state index contributed by atoms with van der Waals surface area (Å²) in [5.41, 5.74) is 2.01. The van der Waals surface area contributed by atoms with Gasteiger partial charge in [0.05, 0.1) is 32.8 Å². The van der Waals surface area contributed by atoms with Crippen LogP contribution in [0.5, 0.6) is 11.5 Å². The first-order valence-corrected chi connectivity index (χ1v) is 9.18. The second-order valence-electron chi connectivity index (χ2n) is 6.15. The first-order valence-electron chi connectivity index (χ1n) is 9.18. The van der Waals surface area contributed by atoms with Gasteiger partial charge in [-0.3, -0.25) is 0 Å². The highest BCUT2D eigenvalue weighted by molar-refractivity contribution is 14.0. The molecule has 0 aliphatic carbocycles. The Morgan fingerprint density at radius 2 is 1.93 bits per heavy atom. The average Bonchev–Trinajstić information content (AvgIpc) is 3.26. The SMILES string of the molecule is CCNC(=NCc1ccc(-n2ccnc2)c(F)c1)Nc1ccc(OC)c(OC)c1.I. The quantitative estimate of drug-likeness (QED) is 0.275. The van der Waals surface area contributed by atoms with Crippen molar-refractivity contribution >= 4 is 35.6 Å². The van der Waals surface area contributed by atoms with E-state index in [1.807, 2.05) is 31.2 Å². The lowest BCUT2D eigenvalue weighted by molar-refractivity contribution is 0.355. The zero-order valence-electron chi connectivity index (χ0n) is 17.1. The zero-order valence-corrected chi connectivity index (χ0v) is 19.4. The third-order valence-electron chi connectivity index (χ3n) is 4.20. The first-order chi connectivity index (χ1) is 14.1. The number of guanidine groups is 1. The normalized spacial score (nSPS) is 10.9. The number of nitrogens with zero attached hydrogens (tertiary/aromatic N) is 3. The fourth-order valence-electron chi connectivity index (χ4n) is 2.79. The molecule has 160 valence electrons. The minimum atomic E-state index is -0.325. The molecule has 0 fully saturated rings. The number of nitrogens with one attached hydrogen (secondary N) is 2. The van der Waals surface area contributed by atoms with E-state index in [-0.39, 0.29) is 29.8 Å². The van der Waals surface area contributed by atoms with Crippen LogP contribution in [0.25, 0.3) is 5.69 Å². The molecular weight excluding hydrogens is 500 g/mol. The smallest absolute Gasteiger partial charge is 0.196 e. The Kier molecular flexibility index (Phi) is 8.90. The van der Waals surface area contributed by atoms with Crippen molar-refractivity contribution in [3.8, 4) is 17.2 Å². The molecule has 1 aromatic heterocycles. The van der Waals surface area contributed by atoms with Crippen molar-refractivity contribution in [3.63, 3.8) is 0 Å². The molecule has 0 amide bonds. The van der Waals surface area contributed by atoms with Crippen molar-refractivity contribution < 1.29 is 13.9 Å². The van der Waals surface area contributed by atoms with Crippen LogP contribution in [-0.2, 0) is 6.54 Å². The predicted octanol–water partition coefficient (Wildman–Crippen LogP) is 4.22. The summed E-state index contributed by atoms with van der Waals surface area (Å²) in [5, 5.41) is 6.40. The molecule has 0 atom stereocenters. The minimum absolute atomic E-state index is 0. The number of ether oxygens (including phenoxy) is 2. The van der Waals surface area contributed by atoms with Crippen LogP contribution < -0.4 is 20.1 Å². The number of aliphatic imine (C=N–C) groups is 1. The van der Waals surface area contributed by atoms with Crippen molar-refractivity contribution in [1.29, 1.82) is 0 Å². The summed E-state index contributed by atoms with van der Waals surface area (Å²) in [6.45, 7) is 2.99. The van der Waals surface area contributed by atoms with E-state index >= 15 is 0 Å². The molecule has 7 nitrogen and oxygen atoms in total. The van der Waals surface area contributed by atoms with Crippen LogP contribution in [0.2, 0.25) is 0 Å². The Hall–Kier alpha value is -2.82. The summed E-state index contributed by atoms with van der Waals surface area (Å²) >= 11 is 0. The maximum atomic E-state index is 14.4. The van der Waals surface area contributed by atoms with E-state index in [4.69, 9.17) is 9.47 Å². The van der Waals surface area contributed by atoms with Crippen LogP contribution in [-0.4, -0.2) is 36.3 Å². The highest BCUT2D eigenvalue weighted by atomic mass is 127. The monoisotopic (exact) mass is 525 g/mol. The Morgan fingerprint density at radius 1 is 1.13 bits per heavy atom. The first kappa shape index (κ1) is 23.5. The average molecular weight is 525 g/mol. The van der Waals surface area contributed by atoms with E-state index in [9.17, 15) is 4.39 Å². The Bertz CT molecular complexity index is 980. The Balaban J connectivity index is 0.00000320. The molecule has 3 rings (SSSR count). The lowest BCUT2D eigenvalue weighted by Gasteiger charge is -2.14. The Morgan fingerprint density at radius 3 is 2.57 bits per heavy atom. The van der Waals surface area contributed by atoms with Gasteiger partial charge < -0.3 is 24.7 Å². The summed E-state index contributed by atoms with van der Waals surface area (Å²) in [6.07, 6.45) is 4.87. The van der Waals surface area contributed by atoms with Gasteiger partial charge in [-0.1, -0.05) is 6.07 Å². The summed E-state index contributed by atoms with van der Waals surface area (Å²) in [6, 6.07) is 10.6. The van der Waals surface area contributed by atoms with Gasteiger partial charge in [-0.05, 0) is 36.8 Å². The maximum absolute atomic E-state index is 14.4. The molecule has 0 aliphatic rings. The molecule has 2 N–H and O–H groups in total. The van der Waals surface area contributed by atoms with Gasteiger partial charge in [0, 0.05) is 30.7 Å². The number of anilines is 1. The van der Waals surface area contributed by atoms with E-state index in [1.54, 1.807) is 43.6 Å². The molecule has 0 saturated carbocycles. The topological polar surface area (TPSA) is 72.7 Å². The van der Waals surface area contributed by atoms with Crippen LogP contribution in [0, 0.1) is 5.82 Å². The standard InChI is InChI=1S/C21H24FN5O2.HI/c1-4-24-21(26-16-6-8-19(28-2)20(12-16)29-3)25-13-15-5-7-18(17(22)11-15)27-10-9-23-14-27;/h5-12,14H,4,13H2,1-3H3,(H2,24,25,26);1H. The summed E-state index contributed by atoms with van der Waals surface area (Å²) in [7, 11) is 3.18. The molecule has 1 heterocycles. The molecule has 0 bridgehead atoms. The van der Waals surface area contributed by atoms with Gasteiger partial charge in [0.1, 0.15) is 5.82 Å². The highest BCUT2D eigenvalue weighted by Gasteiger charge is 2.08. The Labute approximate surface area is 192 Å². The van der Waals surface area contributed by atoms with Gasteiger partial charge in [-0.25, -0.2) is 14.4 Å². The number of rotatable bonds is 7. The molecule has 0 unspecified atom stereocenters. The predicted molar refractivity (Wildman–Crippen MR) is 127 cm³/mol. The number of halogens is 2. The molecule has 0 aliphatic heterocycles. The highest BCUT2D eigenvalue weighted by Crippen LogP contribution is 2.29. The van der Waals surface area contributed by atoms with Crippen molar-refractivity contribution in [2.45, 2.75) is 13.5 Å². The van der Waals surface area contributed by atoms with Gasteiger partial charge in [0.15, 0.2) is 17.5 Å². The minimum Gasteiger partial charge on any atom is -0.493 e. The van der Waals surface area contributed by atoms with Crippen LogP contribution in [0.4, 0.5) is 10.1 Å². The van der Waals surface area contributed by atoms with Gasteiger partial charge in [-0.2, -0.15) is 0 Å². The fourth-order valence-corrected chi connectivity index (χ4v) is 2.79. The molecule has 0 spiro atoms. The molecule has 9 heteroatoms. The molecule has 0 saturated heterocycles. The molecular formula is C21H25FIN5O2. The second-order valence-corrected chi connectivity index (χ2v) is 6.15. The van der Waals surface area contributed by atoms with E-state index < -0.39 is 0 Å². The molecule has 30 heavy (non-hydrogen) atoms. The summed E-state index contributed by atoms with van der Waals surface area (Å²) in [4.78, 5) is 8.49. The van der Waals surface area contributed by atoms with Gasteiger partial charge in [0.2, 0.25) is 0 Å². The van der Waals surface area contributed by atoms with Crippen LogP contribution >= 0.6 is 24.0 Å². The number of imidazole rings is 1. The van der Waals surface area contributed by atoms with E-state index in [1.165, 1.54) is 6.07 Å². The second kappa shape index (κ2) is 11.4. The van der Waals surface area contributed by atoms with E-state index in [0.717, 1.165) is 11.3 Å². The van der Waals surface area contributed by atoms with E-state index in [0.29, 0.717) is 36.2 Å². The summed E-state index contributed by atoms with van der Waals surface area (Å²) in [5.74, 6) is 1.52. The third kappa shape index (κ3) is 5.85. The maximum Gasteiger partial charge on any atom is 0.196 e. The lowest BCUT2D eigenvalue weighted by atomic mass is 10.2. The van der Waals surface area contributed by atoms with Crippen molar-refractivity contribution in [2.75, 3.05) is 26.1 Å². The third-order valence-corrected chi connectivity index (χ3v) is 4.20. The van der Waals surface area contributed by atoms with Crippen LogP contribution in [0.15, 0.2) is 60.1 Å². The fraction of sp³-hybridized carbons (Fsp3) is 0.238. The van der Waals surface area contributed by atoms with Crippen LogP contribution in [0.1, 0.15) is 12.5 Å². The van der Waals surface area contributed by atoms with Crippen molar-refractivity contribution in [1.82, 2.24) is 14.9 Å². The van der Waals surface area contributed by atoms with Gasteiger partial charge in [-0.15, -0.1) is 24.0 Å². The molecule has 0 radical (unpaired) electrons. The van der Waals surface area contributed by atoms with E-state index in [2.05, 4.69) is 20.6 Å². The van der Waals surface area contributed by atoms with Crippen molar-refractivity contribution in [2.24, 2.45) is 4.99 Å². The van der Waals surface area contributed by atoms with Crippen LogP contribution in [0.3, 0.4) is 0 Å². The summed E-state index contributed by atoms with van der Waals surface area (Å²) < 4.78 is 26.6.